The maximum absolute atomic E-state index is 3.64. The summed E-state index contributed by atoms with van der Waals surface area (Å²) in [6.07, 6.45) is 0. The van der Waals surface area contributed by atoms with Crippen LogP contribution in [0.15, 0.2) is 0 Å². The molecular formula is C6H15NY-2. The molecule has 2 heteroatoms. The maximum atomic E-state index is 3.64. The van der Waals surface area contributed by atoms with Gasteiger partial charge < -0.3 is 18.7 Å². The van der Waals surface area contributed by atoms with Crippen LogP contribution in [0.5, 0.6) is 0 Å². The van der Waals surface area contributed by atoms with Crippen molar-refractivity contribution in [2.24, 2.45) is 0 Å². The van der Waals surface area contributed by atoms with Crippen molar-refractivity contribution in [1.29, 1.82) is 0 Å². The van der Waals surface area contributed by atoms with Gasteiger partial charge in [0, 0.05) is 32.7 Å². The van der Waals surface area contributed by atoms with Gasteiger partial charge in [0.1, 0.15) is 0 Å². The van der Waals surface area contributed by atoms with Gasteiger partial charge in [-0.2, -0.15) is 0 Å². The van der Waals surface area contributed by atoms with Gasteiger partial charge in [-0.05, 0) is 7.05 Å². The fourth-order valence-electron chi connectivity index (χ4n) is 0.112. The fourth-order valence-corrected chi connectivity index (χ4v) is 0.112. The molecule has 0 amide bonds. The van der Waals surface area contributed by atoms with Gasteiger partial charge in [-0.1, -0.05) is 7.43 Å². The van der Waals surface area contributed by atoms with Crippen molar-refractivity contribution < 1.29 is 32.7 Å². The normalized spacial score (nSPS) is 7.50. The summed E-state index contributed by atoms with van der Waals surface area (Å²) in [5, 5.41) is 0. The van der Waals surface area contributed by atoms with E-state index < -0.39 is 0 Å². The van der Waals surface area contributed by atoms with Crippen LogP contribution in [0.1, 0.15) is 7.43 Å². The van der Waals surface area contributed by atoms with Gasteiger partial charge in [0.25, 0.3) is 0 Å². The van der Waals surface area contributed by atoms with Crippen molar-refractivity contribution in [2.45, 2.75) is 7.43 Å². The second-order valence-corrected chi connectivity index (χ2v) is 1.30. The first-order valence-electron chi connectivity index (χ1n) is 2.08. The average Bonchev–Trinajstić information content (AvgIpc) is 1.65. The third-order valence-corrected chi connectivity index (χ3v) is 0.763. The molecule has 0 unspecified atom stereocenters. The number of rotatable bonds is 2. The second-order valence-electron chi connectivity index (χ2n) is 1.30. The van der Waals surface area contributed by atoms with E-state index in [9.17, 15) is 0 Å². The van der Waals surface area contributed by atoms with Crippen molar-refractivity contribution in [3.63, 3.8) is 0 Å². The zero-order valence-electron chi connectivity index (χ0n) is 4.85. The molecule has 0 atom stereocenters. The largest absolute Gasteiger partial charge is 0.365 e. The topological polar surface area (TPSA) is 3.24 Å². The molecule has 0 aromatic rings. The summed E-state index contributed by atoms with van der Waals surface area (Å²) in [4.78, 5) is 2.03. The summed E-state index contributed by atoms with van der Waals surface area (Å²) in [5.74, 6) is 0. The molecule has 0 bridgehead atoms. The van der Waals surface area contributed by atoms with Crippen LogP contribution in [0.2, 0.25) is 0 Å². The van der Waals surface area contributed by atoms with Crippen molar-refractivity contribution in [3.8, 4) is 0 Å². The van der Waals surface area contributed by atoms with E-state index in [1.54, 1.807) is 0 Å². The fraction of sp³-hybridized carbons (Fsp3) is 0.667. The van der Waals surface area contributed by atoms with Crippen LogP contribution in [-0.2, 0) is 32.7 Å². The van der Waals surface area contributed by atoms with Crippen LogP contribution in [0.4, 0.5) is 0 Å². The second kappa shape index (κ2) is 10.9. The zero-order chi connectivity index (χ0) is 4.99. The van der Waals surface area contributed by atoms with Gasteiger partial charge in [-0.3, -0.25) is 0 Å². The molecule has 0 aliphatic carbocycles. The maximum Gasteiger partial charge on any atom is 0 e. The van der Waals surface area contributed by atoms with E-state index in [1.165, 1.54) is 0 Å². The molecule has 0 aliphatic rings. The summed E-state index contributed by atoms with van der Waals surface area (Å²) in [5.41, 5.74) is 0. The van der Waals surface area contributed by atoms with Crippen molar-refractivity contribution in [3.05, 3.63) is 13.8 Å². The van der Waals surface area contributed by atoms with Crippen LogP contribution in [0, 0.1) is 13.8 Å². The third-order valence-electron chi connectivity index (χ3n) is 0.763. The molecule has 0 aromatic carbocycles. The van der Waals surface area contributed by atoms with E-state index >= 15 is 0 Å². The van der Waals surface area contributed by atoms with Gasteiger partial charge >= 0.3 is 0 Å². The van der Waals surface area contributed by atoms with Crippen molar-refractivity contribution in [1.82, 2.24) is 4.90 Å². The average molecular weight is 190 g/mol. The molecule has 1 nitrogen and oxygen atoms in total. The summed E-state index contributed by atoms with van der Waals surface area (Å²) in [6, 6.07) is 0. The Bertz CT molecular complexity index is 27.7. The molecule has 0 saturated heterocycles. The quantitative estimate of drug-likeness (QED) is 0.592. The SMILES string of the molecule is C.[CH2-]CN(C)C[CH2-].[Y]. The molecule has 0 spiro atoms. The van der Waals surface area contributed by atoms with Crippen LogP contribution < -0.4 is 0 Å². The smallest absolute Gasteiger partial charge is 0 e. The third kappa shape index (κ3) is 10.1. The Kier molecular flexibility index (Phi) is 21.9. The van der Waals surface area contributed by atoms with Crippen LogP contribution in [0.25, 0.3) is 0 Å². The first-order chi connectivity index (χ1) is 2.81. The Labute approximate surface area is 78.7 Å². The predicted molar refractivity (Wildman–Crippen MR) is 34.9 cm³/mol. The Morgan fingerprint density at radius 1 is 1.25 bits per heavy atom. The van der Waals surface area contributed by atoms with Gasteiger partial charge in [0.05, 0.1) is 0 Å². The molecule has 0 saturated carbocycles. The molecule has 0 aromatic heterocycles. The molecule has 0 fully saturated rings. The standard InChI is InChI=1S/C5H11N.CH4.Y/c1-4-6(3)5-2;;/h1-2,4-5H2,3H3;1H4;/q-2;;. The Balaban J connectivity index is -0.000000125. The molecular weight excluding hydrogens is 175 g/mol. The zero-order valence-corrected chi connectivity index (χ0v) is 7.69. The minimum atomic E-state index is 0. The Hall–Kier alpha value is 1.06. The first kappa shape index (κ1) is 16.0. The van der Waals surface area contributed by atoms with E-state index in [0.717, 1.165) is 13.1 Å². The van der Waals surface area contributed by atoms with Gasteiger partial charge in [-0.25, -0.2) is 0 Å². The van der Waals surface area contributed by atoms with Gasteiger partial charge in [-0.15, -0.1) is 13.1 Å². The number of nitrogens with zero attached hydrogens (tertiary/aromatic N) is 1. The molecule has 1 radical (unpaired) electrons. The van der Waals surface area contributed by atoms with E-state index in [2.05, 4.69) is 13.8 Å². The summed E-state index contributed by atoms with van der Waals surface area (Å²) >= 11 is 0. The van der Waals surface area contributed by atoms with E-state index in [1.807, 2.05) is 11.9 Å². The molecule has 8 heavy (non-hydrogen) atoms. The molecule has 0 rings (SSSR count). The molecule has 0 heterocycles. The minimum absolute atomic E-state index is 0. The van der Waals surface area contributed by atoms with E-state index in [-0.39, 0.29) is 40.1 Å². The van der Waals surface area contributed by atoms with Crippen LogP contribution in [-0.4, -0.2) is 25.0 Å². The van der Waals surface area contributed by atoms with E-state index in [4.69, 9.17) is 0 Å². The first-order valence-corrected chi connectivity index (χ1v) is 2.08. The summed E-state index contributed by atoms with van der Waals surface area (Å²) in [7, 11) is 1.99. The van der Waals surface area contributed by atoms with Crippen LogP contribution >= 0.6 is 0 Å². The molecule has 0 N–H and O–H groups in total. The Morgan fingerprint density at radius 2 is 1.50 bits per heavy atom. The van der Waals surface area contributed by atoms with Gasteiger partial charge in [0.2, 0.25) is 0 Å². The number of hydrogen-bond acceptors (Lipinski definition) is 1. The van der Waals surface area contributed by atoms with Crippen molar-refractivity contribution >= 4 is 0 Å². The summed E-state index contributed by atoms with van der Waals surface area (Å²) in [6.45, 7) is 8.99. The number of hydrogen-bond donors (Lipinski definition) is 0. The van der Waals surface area contributed by atoms with Gasteiger partial charge in [0.15, 0.2) is 0 Å². The predicted octanol–water partition coefficient (Wildman–Crippen LogP) is 1.22. The van der Waals surface area contributed by atoms with E-state index in [0.29, 0.717) is 0 Å². The molecule has 0 aliphatic heterocycles. The monoisotopic (exact) mass is 190 g/mol. The van der Waals surface area contributed by atoms with Crippen molar-refractivity contribution in [2.75, 3.05) is 20.1 Å². The summed E-state index contributed by atoms with van der Waals surface area (Å²) < 4.78 is 0. The Morgan fingerprint density at radius 3 is 1.50 bits per heavy atom. The molecule has 49 valence electrons. The minimum Gasteiger partial charge on any atom is -0.365 e. The van der Waals surface area contributed by atoms with Crippen LogP contribution in [0.3, 0.4) is 0 Å².